The molecule has 0 spiro atoms. The highest BCUT2D eigenvalue weighted by atomic mass is 16.3. The lowest BCUT2D eigenvalue weighted by molar-refractivity contribution is -0.122. The summed E-state index contributed by atoms with van der Waals surface area (Å²) in [6, 6.07) is 4.08. The SMILES string of the molecule is O=C1CNCC(CCc2ccco2)N1. The lowest BCUT2D eigenvalue weighted by Gasteiger charge is -2.23. The van der Waals surface area contributed by atoms with Gasteiger partial charge in [0, 0.05) is 19.0 Å². The minimum atomic E-state index is 0.0840. The first-order valence-electron chi connectivity index (χ1n) is 4.87. The summed E-state index contributed by atoms with van der Waals surface area (Å²) in [4.78, 5) is 11.0. The highest BCUT2D eigenvalue weighted by Gasteiger charge is 2.17. The van der Waals surface area contributed by atoms with Crippen LogP contribution in [0.1, 0.15) is 12.2 Å². The number of carbonyl (C=O) groups is 1. The van der Waals surface area contributed by atoms with Gasteiger partial charge >= 0.3 is 0 Å². The number of aryl methyl sites for hydroxylation is 1. The third kappa shape index (κ3) is 2.35. The van der Waals surface area contributed by atoms with Crippen LogP contribution in [-0.4, -0.2) is 25.0 Å². The Labute approximate surface area is 82.7 Å². The van der Waals surface area contributed by atoms with Gasteiger partial charge in [0.25, 0.3) is 0 Å². The van der Waals surface area contributed by atoms with Crippen LogP contribution < -0.4 is 10.6 Å². The van der Waals surface area contributed by atoms with Crippen molar-refractivity contribution in [2.24, 2.45) is 0 Å². The predicted molar refractivity (Wildman–Crippen MR) is 51.8 cm³/mol. The average molecular weight is 194 g/mol. The van der Waals surface area contributed by atoms with Crippen molar-refractivity contribution < 1.29 is 9.21 Å². The van der Waals surface area contributed by atoms with Gasteiger partial charge in [0.15, 0.2) is 0 Å². The fourth-order valence-electron chi connectivity index (χ4n) is 1.64. The molecule has 4 heteroatoms. The quantitative estimate of drug-likeness (QED) is 0.727. The third-order valence-electron chi connectivity index (χ3n) is 2.36. The van der Waals surface area contributed by atoms with Crippen molar-refractivity contribution in [3.05, 3.63) is 24.2 Å². The molecule has 76 valence electrons. The number of amides is 1. The van der Waals surface area contributed by atoms with Crippen molar-refractivity contribution in [2.75, 3.05) is 13.1 Å². The van der Waals surface area contributed by atoms with Crippen LogP contribution in [0.4, 0.5) is 0 Å². The third-order valence-corrected chi connectivity index (χ3v) is 2.36. The lowest BCUT2D eigenvalue weighted by atomic mass is 10.1. The molecule has 1 atom stereocenters. The molecule has 0 aromatic carbocycles. The molecule has 1 saturated heterocycles. The Bertz CT molecular complexity index is 295. The second-order valence-electron chi connectivity index (χ2n) is 3.51. The van der Waals surface area contributed by atoms with Gasteiger partial charge in [0.05, 0.1) is 12.8 Å². The van der Waals surface area contributed by atoms with Gasteiger partial charge < -0.3 is 15.1 Å². The van der Waals surface area contributed by atoms with E-state index in [4.69, 9.17) is 4.42 Å². The summed E-state index contributed by atoms with van der Waals surface area (Å²) in [5.74, 6) is 1.06. The zero-order chi connectivity index (χ0) is 9.80. The zero-order valence-corrected chi connectivity index (χ0v) is 7.95. The van der Waals surface area contributed by atoms with Crippen LogP contribution >= 0.6 is 0 Å². The molecule has 2 rings (SSSR count). The molecule has 0 radical (unpaired) electrons. The molecule has 2 heterocycles. The molecule has 1 aromatic rings. The van der Waals surface area contributed by atoms with Crippen molar-refractivity contribution in [3.8, 4) is 0 Å². The van der Waals surface area contributed by atoms with Gasteiger partial charge in [-0.25, -0.2) is 0 Å². The van der Waals surface area contributed by atoms with E-state index < -0.39 is 0 Å². The van der Waals surface area contributed by atoms with Crippen molar-refractivity contribution in [1.29, 1.82) is 0 Å². The molecule has 1 aromatic heterocycles. The minimum Gasteiger partial charge on any atom is -0.469 e. The molecule has 14 heavy (non-hydrogen) atoms. The summed E-state index contributed by atoms with van der Waals surface area (Å²) in [6.45, 7) is 1.30. The van der Waals surface area contributed by atoms with Crippen molar-refractivity contribution in [2.45, 2.75) is 18.9 Å². The van der Waals surface area contributed by atoms with Crippen molar-refractivity contribution in [3.63, 3.8) is 0 Å². The van der Waals surface area contributed by atoms with E-state index in [-0.39, 0.29) is 11.9 Å². The van der Waals surface area contributed by atoms with Gasteiger partial charge in [-0.3, -0.25) is 4.79 Å². The molecule has 0 aliphatic carbocycles. The number of nitrogens with one attached hydrogen (secondary N) is 2. The zero-order valence-electron chi connectivity index (χ0n) is 7.95. The maximum Gasteiger partial charge on any atom is 0.234 e. The summed E-state index contributed by atoms with van der Waals surface area (Å²) >= 11 is 0. The molecule has 1 aliphatic rings. The van der Waals surface area contributed by atoms with E-state index in [9.17, 15) is 4.79 Å². The predicted octanol–water partition coefficient (Wildman–Crippen LogP) is 0.300. The number of piperazine rings is 1. The van der Waals surface area contributed by atoms with E-state index in [0.717, 1.165) is 25.1 Å². The van der Waals surface area contributed by atoms with Crippen LogP contribution in [0.5, 0.6) is 0 Å². The van der Waals surface area contributed by atoms with Crippen LogP contribution in [-0.2, 0) is 11.2 Å². The maximum absolute atomic E-state index is 11.0. The standard InChI is InChI=1S/C10H14N2O2/c13-10-7-11-6-8(12-10)3-4-9-2-1-5-14-9/h1-2,5,8,11H,3-4,6-7H2,(H,12,13). The molecule has 2 N–H and O–H groups in total. The van der Waals surface area contributed by atoms with Gasteiger partial charge in [0.2, 0.25) is 5.91 Å². The fraction of sp³-hybridized carbons (Fsp3) is 0.500. The number of hydrogen-bond acceptors (Lipinski definition) is 3. The summed E-state index contributed by atoms with van der Waals surface area (Å²) in [5.41, 5.74) is 0. The van der Waals surface area contributed by atoms with Crippen LogP contribution in [0.25, 0.3) is 0 Å². The first-order chi connectivity index (χ1) is 6.84. The summed E-state index contributed by atoms with van der Waals surface area (Å²) < 4.78 is 5.22. The van der Waals surface area contributed by atoms with Gasteiger partial charge in [-0.2, -0.15) is 0 Å². The average Bonchev–Trinajstić information content (AvgIpc) is 2.67. The number of furan rings is 1. The van der Waals surface area contributed by atoms with Crippen molar-refractivity contribution in [1.82, 2.24) is 10.6 Å². The number of carbonyl (C=O) groups excluding carboxylic acids is 1. The molecule has 0 bridgehead atoms. The van der Waals surface area contributed by atoms with Crippen LogP contribution in [0, 0.1) is 0 Å². The van der Waals surface area contributed by atoms with E-state index in [1.54, 1.807) is 6.26 Å². The van der Waals surface area contributed by atoms with Crippen LogP contribution in [0.15, 0.2) is 22.8 Å². The van der Waals surface area contributed by atoms with E-state index in [0.29, 0.717) is 6.54 Å². The molecule has 4 nitrogen and oxygen atoms in total. The Morgan fingerprint density at radius 2 is 2.50 bits per heavy atom. The normalized spacial score (nSPS) is 22.0. The van der Waals surface area contributed by atoms with Gasteiger partial charge in [0.1, 0.15) is 5.76 Å². The highest BCUT2D eigenvalue weighted by Crippen LogP contribution is 2.06. The molecule has 1 aliphatic heterocycles. The van der Waals surface area contributed by atoms with Gasteiger partial charge in [-0.15, -0.1) is 0 Å². The Kier molecular flexibility index (Phi) is 2.84. The molecule has 1 unspecified atom stereocenters. The fourth-order valence-corrected chi connectivity index (χ4v) is 1.64. The largest absolute Gasteiger partial charge is 0.469 e. The first-order valence-corrected chi connectivity index (χ1v) is 4.87. The Balaban J connectivity index is 1.77. The van der Waals surface area contributed by atoms with E-state index in [1.807, 2.05) is 12.1 Å². The monoisotopic (exact) mass is 194 g/mol. The Hall–Kier alpha value is -1.29. The summed E-state index contributed by atoms with van der Waals surface area (Å²) in [7, 11) is 0. The second-order valence-corrected chi connectivity index (χ2v) is 3.51. The lowest BCUT2D eigenvalue weighted by Crippen LogP contribution is -2.52. The van der Waals surface area contributed by atoms with E-state index in [1.165, 1.54) is 0 Å². The highest BCUT2D eigenvalue weighted by molar-refractivity contribution is 5.79. The van der Waals surface area contributed by atoms with Gasteiger partial charge in [-0.05, 0) is 18.6 Å². The van der Waals surface area contributed by atoms with Gasteiger partial charge in [-0.1, -0.05) is 0 Å². The molecular weight excluding hydrogens is 180 g/mol. The summed E-state index contributed by atoms with van der Waals surface area (Å²) in [5, 5.41) is 6.01. The minimum absolute atomic E-state index is 0.0840. The first kappa shape index (κ1) is 9.27. The Morgan fingerprint density at radius 3 is 3.21 bits per heavy atom. The Morgan fingerprint density at radius 1 is 1.57 bits per heavy atom. The van der Waals surface area contributed by atoms with Crippen molar-refractivity contribution >= 4 is 5.91 Å². The van der Waals surface area contributed by atoms with E-state index >= 15 is 0 Å². The molecule has 1 fully saturated rings. The summed E-state index contributed by atoms with van der Waals surface area (Å²) in [6.07, 6.45) is 3.47. The smallest absolute Gasteiger partial charge is 0.234 e. The van der Waals surface area contributed by atoms with E-state index in [2.05, 4.69) is 10.6 Å². The maximum atomic E-state index is 11.0. The number of rotatable bonds is 3. The molecule has 1 amide bonds. The number of hydrogen-bond donors (Lipinski definition) is 2. The second kappa shape index (κ2) is 4.28. The molecule has 0 saturated carbocycles. The molecular formula is C10H14N2O2. The van der Waals surface area contributed by atoms with Crippen LogP contribution in [0.3, 0.4) is 0 Å². The van der Waals surface area contributed by atoms with Crippen LogP contribution in [0.2, 0.25) is 0 Å². The topological polar surface area (TPSA) is 54.3 Å².